The van der Waals surface area contributed by atoms with E-state index in [2.05, 4.69) is 20.3 Å². The molecule has 0 aliphatic carbocycles. The van der Waals surface area contributed by atoms with Crippen molar-refractivity contribution in [2.75, 3.05) is 18.2 Å². The normalized spacial score (nSPS) is 10.9. The minimum Gasteiger partial charge on any atom is -0.497 e. The summed E-state index contributed by atoms with van der Waals surface area (Å²) < 4.78 is 20.6. The van der Waals surface area contributed by atoms with Gasteiger partial charge in [0.25, 0.3) is 0 Å². The lowest BCUT2D eigenvalue weighted by atomic mass is 10.3. The fourth-order valence-electron chi connectivity index (χ4n) is 2.86. The monoisotopic (exact) mass is 364 g/mol. The molecule has 136 valence electrons. The van der Waals surface area contributed by atoms with Crippen LogP contribution in [0.3, 0.4) is 0 Å². The van der Waals surface area contributed by atoms with Crippen LogP contribution in [0.15, 0.2) is 48.5 Å². The predicted molar refractivity (Wildman–Crippen MR) is 102 cm³/mol. The molecule has 7 nitrogen and oxygen atoms in total. The molecule has 8 heteroatoms. The van der Waals surface area contributed by atoms with Crippen LogP contribution in [0.5, 0.6) is 5.75 Å². The second-order valence-electron chi connectivity index (χ2n) is 5.96. The average molecular weight is 364 g/mol. The minimum absolute atomic E-state index is 0.286. The van der Waals surface area contributed by atoms with E-state index < -0.39 is 0 Å². The van der Waals surface area contributed by atoms with Crippen molar-refractivity contribution >= 4 is 28.4 Å². The lowest BCUT2D eigenvalue weighted by Gasteiger charge is -2.11. The van der Waals surface area contributed by atoms with Gasteiger partial charge in [-0.15, -0.1) is 0 Å². The van der Waals surface area contributed by atoms with Crippen LogP contribution < -0.4 is 15.8 Å². The summed E-state index contributed by atoms with van der Waals surface area (Å²) in [6.45, 7) is 1.81. The maximum Gasteiger partial charge on any atom is 0.239 e. The number of rotatable bonds is 4. The summed E-state index contributed by atoms with van der Waals surface area (Å²) in [5.41, 5.74) is 8.02. The zero-order valence-electron chi connectivity index (χ0n) is 14.8. The molecule has 2 aromatic heterocycles. The molecule has 2 heterocycles. The second-order valence-corrected chi connectivity index (χ2v) is 5.96. The number of fused-ring (bicyclic) bond motifs is 1. The van der Waals surface area contributed by atoms with Crippen LogP contribution in [0.2, 0.25) is 0 Å². The number of nitrogens with one attached hydrogen (secondary N) is 1. The molecule has 2 aromatic carbocycles. The van der Waals surface area contributed by atoms with E-state index in [1.165, 1.54) is 12.1 Å². The average Bonchev–Trinajstić information content (AvgIpc) is 2.97. The Morgan fingerprint density at radius 3 is 2.56 bits per heavy atom. The van der Waals surface area contributed by atoms with Gasteiger partial charge in [-0.3, -0.25) is 4.57 Å². The molecule has 0 bridgehead atoms. The van der Waals surface area contributed by atoms with E-state index in [1.54, 1.807) is 30.7 Å². The number of halogens is 1. The van der Waals surface area contributed by atoms with E-state index in [9.17, 15) is 4.39 Å². The van der Waals surface area contributed by atoms with Crippen molar-refractivity contribution in [3.05, 3.63) is 60.2 Å². The van der Waals surface area contributed by atoms with Crippen molar-refractivity contribution < 1.29 is 9.13 Å². The molecular weight excluding hydrogens is 347 g/mol. The molecule has 3 N–H and O–H groups in total. The third kappa shape index (κ3) is 3.24. The number of methoxy groups -OCH3 is 1. The number of nitrogen functional groups attached to an aromatic ring is 1. The van der Waals surface area contributed by atoms with E-state index in [1.807, 2.05) is 24.3 Å². The fraction of sp³-hybridized carbons (Fsp3) is 0.105. The van der Waals surface area contributed by atoms with Crippen LogP contribution in [0, 0.1) is 12.7 Å². The van der Waals surface area contributed by atoms with E-state index in [4.69, 9.17) is 10.5 Å². The van der Waals surface area contributed by atoms with Crippen molar-refractivity contribution in [2.45, 2.75) is 6.92 Å². The smallest absolute Gasteiger partial charge is 0.239 e. The van der Waals surface area contributed by atoms with Gasteiger partial charge in [0.2, 0.25) is 5.95 Å². The molecule has 0 aliphatic rings. The summed E-state index contributed by atoms with van der Waals surface area (Å²) >= 11 is 0. The Bertz CT molecular complexity index is 1120. The summed E-state index contributed by atoms with van der Waals surface area (Å²) in [5, 5.41) is 3.18. The summed E-state index contributed by atoms with van der Waals surface area (Å²) in [6.07, 6.45) is 0. The molecule has 0 fully saturated rings. The molecule has 0 spiro atoms. The largest absolute Gasteiger partial charge is 0.497 e. The Morgan fingerprint density at radius 1 is 1.04 bits per heavy atom. The van der Waals surface area contributed by atoms with Gasteiger partial charge in [0, 0.05) is 17.8 Å². The van der Waals surface area contributed by atoms with E-state index in [0.717, 1.165) is 11.4 Å². The Labute approximate surface area is 154 Å². The van der Waals surface area contributed by atoms with Gasteiger partial charge in [0.15, 0.2) is 0 Å². The molecule has 0 radical (unpaired) electrons. The molecule has 0 atom stereocenters. The van der Waals surface area contributed by atoms with Gasteiger partial charge >= 0.3 is 0 Å². The molecule has 0 unspecified atom stereocenters. The zero-order chi connectivity index (χ0) is 19.0. The number of nitrogens with zero attached hydrogens (tertiary/aromatic N) is 4. The number of hydrogen-bond donors (Lipinski definition) is 2. The maximum atomic E-state index is 13.7. The van der Waals surface area contributed by atoms with Crippen LogP contribution in [-0.2, 0) is 0 Å². The van der Waals surface area contributed by atoms with Crippen molar-refractivity contribution in [3.8, 4) is 11.7 Å². The van der Waals surface area contributed by atoms with Crippen molar-refractivity contribution in [1.29, 1.82) is 0 Å². The van der Waals surface area contributed by atoms with Gasteiger partial charge in [0.1, 0.15) is 29.0 Å². The number of imidazole rings is 1. The number of benzene rings is 2. The lowest BCUT2D eigenvalue weighted by molar-refractivity contribution is 0.415. The van der Waals surface area contributed by atoms with Gasteiger partial charge in [-0.2, -0.15) is 9.97 Å². The number of hydrogen-bond acceptors (Lipinski definition) is 6. The minimum atomic E-state index is -0.357. The van der Waals surface area contributed by atoms with Gasteiger partial charge in [0.05, 0.1) is 18.1 Å². The SMILES string of the molecule is COc1ccc(Nc2cc(N)nc(-n3c(C)nc4ccc(F)cc43)n2)cc1. The molecular formula is C19H17FN6O. The van der Waals surface area contributed by atoms with Crippen LogP contribution in [0.4, 0.5) is 21.7 Å². The number of nitrogens with two attached hydrogens (primary N) is 1. The Morgan fingerprint density at radius 2 is 1.81 bits per heavy atom. The summed E-state index contributed by atoms with van der Waals surface area (Å²) in [4.78, 5) is 13.2. The van der Waals surface area contributed by atoms with Crippen molar-refractivity contribution in [3.63, 3.8) is 0 Å². The van der Waals surface area contributed by atoms with Gasteiger partial charge in [-0.05, 0) is 43.3 Å². The first-order valence-corrected chi connectivity index (χ1v) is 8.24. The third-order valence-electron chi connectivity index (χ3n) is 4.08. The topological polar surface area (TPSA) is 90.9 Å². The van der Waals surface area contributed by atoms with Crippen LogP contribution >= 0.6 is 0 Å². The molecule has 4 aromatic rings. The lowest BCUT2D eigenvalue weighted by Crippen LogP contribution is -2.07. The van der Waals surface area contributed by atoms with E-state index >= 15 is 0 Å². The van der Waals surface area contributed by atoms with E-state index in [0.29, 0.717) is 28.6 Å². The summed E-state index contributed by atoms with van der Waals surface area (Å²) in [6, 6.07) is 13.4. The first-order valence-electron chi connectivity index (χ1n) is 8.24. The van der Waals surface area contributed by atoms with Crippen LogP contribution in [0.1, 0.15) is 5.82 Å². The zero-order valence-corrected chi connectivity index (χ0v) is 14.8. The summed E-state index contributed by atoms with van der Waals surface area (Å²) in [5.74, 6) is 2.15. The van der Waals surface area contributed by atoms with Crippen LogP contribution in [0.25, 0.3) is 17.0 Å². The van der Waals surface area contributed by atoms with Gasteiger partial charge < -0.3 is 15.8 Å². The Balaban J connectivity index is 1.76. The van der Waals surface area contributed by atoms with Gasteiger partial charge in [-0.1, -0.05) is 0 Å². The highest BCUT2D eigenvalue weighted by Crippen LogP contribution is 2.24. The number of anilines is 3. The number of ether oxygens (including phenoxy) is 1. The molecule has 0 saturated carbocycles. The number of aromatic nitrogens is 4. The molecule has 0 amide bonds. The highest BCUT2D eigenvalue weighted by Gasteiger charge is 2.14. The van der Waals surface area contributed by atoms with Gasteiger partial charge in [-0.25, -0.2) is 9.37 Å². The first-order chi connectivity index (χ1) is 13.0. The molecule has 27 heavy (non-hydrogen) atoms. The Hall–Kier alpha value is -3.68. The maximum absolute atomic E-state index is 13.7. The third-order valence-corrected chi connectivity index (χ3v) is 4.08. The number of aryl methyl sites for hydroxylation is 1. The standard InChI is InChI=1S/C19H17FN6O/c1-11-22-15-8-3-12(20)9-16(15)26(11)19-24-17(21)10-18(25-19)23-13-4-6-14(27-2)7-5-13/h3-10H,1-2H3,(H3,21,23,24,25). The second kappa shape index (κ2) is 6.56. The fourth-order valence-corrected chi connectivity index (χ4v) is 2.86. The summed E-state index contributed by atoms with van der Waals surface area (Å²) in [7, 11) is 1.61. The quantitative estimate of drug-likeness (QED) is 0.575. The highest BCUT2D eigenvalue weighted by atomic mass is 19.1. The molecule has 0 aliphatic heterocycles. The Kier molecular flexibility index (Phi) is 4.08. The molecule has 0 saturated heterocycles. The predicted octanol–water partition coefficient (Wildman–Crippen LogP) is 3.60. The van der Waals surface area contributed by atoms with Crippen LogP contribution in [-0.4, -0.2) is 26.6 Å². The molecule has 4 rings (SSSR count). The first kappa shape index (κ1) is 16.8. The highest BCUT2D eigenvalue weighted by molar-refractivity contribution is 5.78. The van der Waals surface area contributed by atoms with Crippen molar-refractivity contribution in [1.82, 2.24) is 19.5 Å². The van der Waals surface area contributed by atoms with E-state index in [-0.39, 0.29) is 11.6 Å². The van der Waals surface area contributed by atoms with Crippen molar-refractivity contribution in [2.24, 2.45) is 0 Å².